The van der Waals surface area contributed by atoms with Gasteiger partial charge in [0.15, 0.2) is 0 Å². The highest BCUT2D eigenvalue weighted by Crippen LogP contribution is 2.19. The molecule has 1 fully saturated rings. The number of alkyl halides is 1. The predicted molar refractivity (Wildman–Crippen MR) is 59.3 cm³/mol. The number of rotatable bonds is 5. The normalized spacial score (nSPS) is 26.5. The van der Waals surface area contributed by atoms with Gasteiger partial charge in [-0.2, -0.15) is 0 Å². The van der Waals surface area contributed by atoms with Crippen LogP contribution in [0, 0.1) is 5.92 Å². The lowest BCUT2D eigenvalue weighted by molar-refractivity contribution is 0.127. The molecule has 0 bridgehead atoms. The molecule has 0 aromatic heterocycles. The van der Waals surface area contributed by atoms with Gasteiger partial charge in [0.2, 0.25) is 0 Å². The highest BCUT2D eigenvalue weighted by atomic mass is 79.9. The van der Waals surface area contributed by atoms with Crippen molar-refractivity contribution < 1.29 is 5.11 Å². The van der Waals surface area contributed by atoms with Gasteiger partial charge in [-0.3, -0.25) is 0 Å². The third kappa shape index (κ3) is 3.96. The van der Waals surface area contributed by atoms with E-state index in [1.165, 1.54) is 32.4 Å². The average Bonchev–Trinajstić information content (AvgIpc) is 2.53. The average molecular weight is 250 g/mol. The second-order valence-electron chi connectivity index (χ2n) is 3.99. The minimum absolute atomic E-state index is 0.124. The van der Waals surface area contributed by atoms with E-state index in [9.17, 15) is 5.11 Å². The van der Waals surface area contributed by atoms with Crippen molar-refractivity contribution in [2.75, 3.05) is 25.0 Å². The third-order valence-corrected chi connectivity index (χ3v) is 3.41. The predicted octanol–water partition coefficient (Wildman–Crippen LogP) is 1.86. The Bertz CT molecular complexity index is 141. The minimum Gasteiger partial charge on any atom is -0.393 e. The van der Waals surface area contributed by atoms with Crippen LogP contribution in [-0.2, 0) is 0 Å². The van der Waals surface area contributed by atoms with Gasteiger partial charge in [0, 0.05) is 11.9 Å². The van der Waals surface area contributed by atoms with Gasteiger partial charge in [-0.25, -0.2) is 0 Å². The molecule has 0 aliphatic carbocycles. The van der Waals surface area contributed by atoms with E-state index in [4.69, 9.17) is 0 Å². The topological polar surface area (TPSA) is 23.5 Å². The smallest absolute Gasteiger partial charge is 0.0552 e. The summed E-state index contributed by atoms with van der Waals surface area (Å²) >= 11 is 3.44. The van der Waals surface area contributed by atoms with Crippen molar-refractivity contribution in [2.24, 2.45) is 5.92 Å². The van der Waals surface area contributed by atoms with Crippen molar-refractivity contribution in [3.8, 4) is 0 Å². The summed E-state index contributed by atoms with van der Waals surface area (Å²) in [6.07, 6.45) is 3.58. The number of likely N-dealkylation sites (tertiary alicyclic amines) is 1. The first kappa shape index (κ1) is 11.5. The Kier molecular flexibility index (Phi) is 5.29. The number of unbranched alkanes of at least 4 members (excludes halogenated alkanes) is 1. The van der Waals surface area contributed by atoms with Crippen LogP contribution >= 0.6 is 15.9 Å². The van der Waals surface area contributed by atoms with Crippen LogP contribution in [0.15, 0.2) is 0 Å². The molecule has 1 aliphatic heterocycles. The zero-order chi connectivity index (χ0) is 9.68. The summed E-state index contributed by atoms with van der Waals surface area (Å²) in [4.78, 5) is 2.47. The Hall–Kier alpha value is 0.400. The van der Waals surface area contributed by atoms with Crippen molar-refractivity contribution in [2.45, 2.75) is 32.3 Å². The standard InChI is InChI=1S/C10H20BrNO/c1-9(13)10-4-7-12(8-10)6-3-2-5-11/h9-10,13H,2-8H2,1H3. The first-order valence-electron chi connectivity index (χ1n) is 5.20. The van der Waals surface area contributed by atoms with E-state index in [-0.39, 0.29) is 6.10 Å². The minimum atomic E-state index is -0.124. The van der Waals surface area contributed by atoms with Crippen LogP contribution in [0.5, 0.6) is 0 Å². The lowest BCUT2D eigenvalue weighted by atomic mass is 10.0. The van der Waals surface area contributed by atoms with Crippen molar-refractivity contribution >= 4 is 15.9 Å². The maximum atomic E-state index is 9.41. The molecule has 1 rings (SSSR count). The zero-order valence-electron chi connectivity index (χ0n) is 8.38. The monoisotopic (exact) mass is 249 g/mol. The van der Waals surface area contributed by atoms with E-state index in [0.29, 0.717) is 5.92 Å². The van der Waals surface area contributed by atoms with Gasteiger partial charge in [-0.1, -0.05) is 15.9 Å². The number of aliphatic hydroxyl groups is 1. The Labute approximate surface area is 89.4 Å². The van der Waals surface area contributed by atoms with Crippen molar-refractivity contribution in [1.82, 2.24) is 4.90 Å². The van der Waals surface area contributed by atoms with Crippen LogP contribution in [0.2, 0.25) is 0 Å². The molecule has 78 valence electrons. The van der Waals surface area contributed by atoms with E-state index in [2.05, 4.69) is 20.8 Å². The molecule has 1 aliphatic rings. The number of hydrogen-bond acceptors (Lipinski definition) is 2. The zero-order valence-corrected chi connectivity index (χ0v) is 9.96. The van der Waals surface area contributed by atoms with Crippen LogP contribution in [0.1, 0.15) is 26.2 Å². The lowest BCUT2D eigenvalue weighted by Gasteiger charge is -2.16. The SMILES string of the molecule is CC(O)C1CCN(CCCCBr)C1. The third-order valence-electron chi connectivity index (χ3n) is 2.85. The molecule has 1 N–H and O–H groups in total. The van der Waals surface area contributed by atoms with Gasteiger partial charge < -0.3 is 10.0 Å². The molecule has 0 radical (unpaired) electrons. The van der Waals surface area contributed by atoms with Crippen LogP contribution in [0.4, 0.5) is 0 Å². The molecule has 13 heavy (non-hydrogen) atoms. The van der Waals surface area contributed by atoms with Gasteiger partial charge in [0.25, 0.3) is 0 Å². The van der Waals surface area contributed by atoms with E-state index in [1.807, 2.05) is 6.92 Å². The molecule has 3 heteroatoms. The van der Waals surface area contributed by atoms with Crippen LogP contribution in [0.25, 0.3) is 0 Å². The summed E-state index contributed by atoms with van der Waals surface area (Å²) in [5, 5.41) is 10.5. The Morgan fingerprint density at radius 1 is 1.54 bits per heavy atom. The molecule has 2 nitrogen and oxygen atoms in total. The lowest BCUT2D eigenvalue weighted by Crippen LogP contribution is -2.25. The fourth-order valence-electron chi connectivity index (χ4n) is 1.89. The number of aliphatic hydroxyl groups excluding tert-OH is 1. The highest BCUT2D eigenvalue weighted by Gasteiger charge is 2.24. The summed E-state index contributed by atoms with van der Waals surface area (Å²) in [5.41, 5.74) is 0. The van der Waals surface area contributed by atoms with Crippen molar-refractivity contribution in [3.63, 3.8) is 0 Å². The summed E-state index contributed by atoms with van der Waals surface area (Å²) < 4.78 is 0. The first-order valence-corrected chi connectivity index (χ1v) is 6.32. The molecular formula is C10H20BrNO. The second kappa shape index (κ2) is 5.99. The van der Waals surface area contributed by atoms with Crippen LogP contribution in [-0.4, -0.2) is 41.1 Å². The Morgan fingerprint density at radius 3 is 2.85 bits per heavy atom. The maximum absolute atomic E-state index is 9.41. The fraction of sp³-hybridized carbons (Fsp3) is 1.00. The van der Waals surface area contributed by atoms with E-state index in [1.54, 1.807) is 0 Å². The van der Waals surface area contributed by atoms with Gasteiger partial charge >= 0.3 is 0 Å². The summed E-state index contributed by atoms with van der Waals surface area (Å²) in [7, 11) is 0. The summed E-state index contributed by atoms with van der Waals surface area (Å²) in [5.74, 6) is 0.518. The number of nitrogens with zero attached hydrogens (tertiary/aromatic N) is 1. The Balaban J connectivity index is 2.10. The summed E-state index contributed by atoms with van der Waals surface area (Å²) in [6.45, 7) is 5.39. The van der Waals surface area contributed by atoms with Gasteiger partial charge in [-0.05, 0) is 45.2 Å². The van der Waals surface area contributed by atoms with Gasteiger partial charge in [0.05, 0.1) is 6.10 Å². The quantitative estimate of drug-likeness (QED) is 0.594. The van der Waals surface area contributed by atoms with E-state index >= 15 is 0 Å². The molecule has 0 aromatic carbocycles. The van der Waals surface area contributed by atoms with Crippen molar-refractivity contribution in [1.29, 1.82) is 0 Å². The molecular weight excluding hydrogens is 230 g/mol. The molecule has 0 spiro atoms. The van der Waals surface area contributed by atoms with E-state index in [0.717, 1.165) is 11.9 Å². The maximum Gasteiger partial charge on any atom is 0.0552 e. The molecule has 0 amide bonds. The molecule has 0 saturated carbocycles. The highest BCUT2D eigenvalue weighted by molar-refractivity contribution is 9.09. The largest absolute Gasteiger partial charge is 0.393 e. The van der Waals surface area contributed by atoms with Crippen molar-refractivity contribution in [3.05, 3.63) is 0 Å². The van der Waals surface area contributed by atoms with Crippen LogP contribution < -0.4 is 0 Å². The fourth-order valence-corrected chi connectivity index (χ4v) is 2.29. The van der Waals surface area contributed by atoms with Gasteiger partial charge in [0.1, 0.15) is 0 Å². The first-order chi connectivity index (χ1) is 6.24. The van der Waals surface area contributed by atoms with Crippen LogP contribution in [0.3, 0.4) is 0 Å². The molecule has 2 unspecified atom stereocenters. The number of hydrogen-bond donors (Lipinski definition) is 1. The molecule has 0 aromatic rings. The second-order valence-corrected chi connectivity index (χ2v) is 4.78. The van der Waals surface area contributed by atoms with E-state index < -0.39 is 0 Å². The summed E-state index contributed by atoms with van der Waals surface area (Å²) in [6, 6.07) is 0. The Morgan fingerprint density at radius 2 is 2.31 bits per heavy atom. The van der Waals surface area contributed by atoms with Gasteiger partial charge in [-0.15, -0.1) is 0 Å². The molecule has 1 heterocycles. The molecule has 1 saturated heterocycles. The number of halogens is 1. The molecule has 2 atom stereocenters.